The minimum atomic E-state index is -0.709. The molecule has 0 bridgehead atoms. The average molecular weight is 396 g/mol. The fraction of sp³-hybridized carbons (Fsp3) is 0.158. The number of nitrogens with zero attached hydrogens (tertiary/aromatic N) is 2. The fourth-order valence-electron chi connectivity index (χ4n) is 2.72. The van der Waals surface area contributed by atoms with Crippen LogP contribution < -0.4 is 10.9 Å². The smallest absolute Gasteiger partial charge is 0.312 e. The van der Waals surface area contributed by atoms with Crippen LogP contribution in [-0.4, -0.2) is 33.6 Å². The maximum atomic E-state index is 12.1. The molecule has 1 heterocycles. The molecule has 0 unspecified atom stereocenters. The van der Waals surface area contributed by atoms with Gasteiger partial charge in [0, 0.05) is 22.7 Å². The summed E-state index contributed by atoms with van der Waals surface area (Å²) >= 11 is 0. The number of carbonyl (C=O) groups excluding carboxylic acids is 2. The van der Waals surface area contributed by atoms with E-state index in [0.29, 0.717) is 22.0 Å². The fourth-order valence-corrected chi connectivity index (χ4v) is 2.72. The zero-order valence-corrected chi connectivity index (χ0v) is 15.3. The van der Waals surface area contributed by atoms with Gasteiger partial charge in [-0.15, -0.1) is 0 Å². The lowest BCUT2D eigenvalue weighted by Gasteiger charge is -2.08. The van der Waals surface area contributed by atoms with Gasteiger partial charge in [0.2, 0.25) is 0 Å². The Bertz CT molecular complexity index is 1170. The molecule has 2 N–H and O–H groups in total. The number of nitro benzene ring substituents is 1. The zero-order valence-electron chi connectivity index (χ0n) is 15.3. The highest BCUT2D eigenvalue weighted by Gasteiger charge is 2.15. The van der Waals surface area contributed by atoms with E-state index in [-0.39, 0.29) is 23.4 Å². The number of nitrogens with one attached hydrogen (secondary N) is 2. The predicted octanol–water partition coefficient (Wildman–Crippen LogP) is 1.86. The topological polar surface area (TPSA) is 144 Å². The van der Waals surface area contributed by atoms with Crippen LogP contribution in [-0.2, 0) is 20.7 Å². The minimum Gasteiger partial charge on any atom is -0.455 e. The summed E-state index contributed by atoms with van der Waals surface area (Å²) in [5, 5.41) is 20.5. The van der Waals surface area contributed by atoms with Gasteiger partial charge in [-0.1, -0.05) is 24.3 Å². The molecule has 0 aliphatic rings. The summed E-state index contributed by atoms with van der Waals surface area (Å²) in [4.78, 5) is 46.2. The molecule has 1 amide bonds. The Labute approximate surface area is 163 Å². The highest BCUT2D eigenvalue weighted by atomic mass is 16.6. The molecule has 0 saturated carbocycles. The van der Waals surface area contributed by atoms with Crippen LogP contribution in [0, 0.1) is 17.0 Å². The Morgan fingerprint density at radius 1 is 1.21 bits per heavy atom. The molecule has 3 aromatic rings. The predicted molar refractivity (Wildman–Crippen MR) is 103 cm³/mol. The first-order valence-electron chi connectivity index (χ1n) is 8.52. The Kier molecular flexibility index (Phi) is 5.63. The van der Waals surface area contributed by atoms with E-state index in [1.807, 2.05) is 0 Å². The Hall–Kier alpha value is -4.08. The summed E-state index contributed by atoms with van der Waals surface area (Å²) < 4.78 is 4.94. The van der Waals surface area contributed by atoms with Crippen molar-refractivity contribution in [2.75, 3.05) is 11.9 Å². The molecular formula is C19H16N4O6. The minimum absolute atomic E-state index is 0.129. The summed E-state index contributed by atoms with van der Waals surface area (Å²) in [5.41, 5.74) is 0.497. The number of hydrogen-bond acceptors (Lipinski definition) is 7. The molecule has 10 heteroatoms. The summed E-state index contributed by atoms with van der Waals surface area (Å²) in [5.74, 6) is -1.35. The summed E-state index contributed by atoms with van der Waals surface area (Å²) in [6.45, 7) is 1.02. The van der Waals surface area contributed by atoms with Gasteiger partial charge in [-0.3, -0.25) is 24.5 Å². The number of esters is 1. The van der Waals surface area contributed by atoms with E-state index in [2.05, 4.69) is 15.5 Å². The van der Waals surface area contributed by atoms with E-state index in [9.17, 15) is 24.5 Å². The molecule has 0 fully saturated rings. The highest BCUT2D eigenvalue weighted by Crippen LogP contribution is 2.22. The van der Waals surface area contributed by atoms with Crippen LogP contribution in [0.25, 0.3) is 10.8 Å². The van der Waals surface area contributed by atoms with Crippen molar-refractivity contribution in [1.29, 1.82) is 0 Å². The largest absolute Gasteiger partial charge is 0.455 e. The molecule has 0 aliphatic carbocycles. The second kappa shape index (κ2) is 8.30. The maximum Gasteiger partial charge on any atom is 0.312 e. The summed E-state index contributed by atoms with van der Waals surface area (Å²) in [6.07, 6.45) is -0.236. The second-order valence-electron chi connectivity index (χ2n) is 6.19. The van der Waals surface area contributed by atoms with Gasteiger partial charge in [0.15, 0.2) is 6.61 Å². The first-order valence-corrected chi connectivity index (χ1v) is 8.52. The number of amides is 1. The Morgan fingerprint density at radius 3 is 2.66 bits per heavy atom. The van der Waals surface area contributed by atoms with Crippen LogP contribution in [0.4, 0.5) is 11.4 Å². The third-order valence-electron chi connectivity index (χ3n) is 4.14. The molecule has 0 saturated heterocycles. The first-order chi connectivity index (χ1) is 13.8. The van der Waals surface area contributed by atoms with Crippen molar-refractivity contribution >= 4 is 34.0 Å². The van der Waals surface area contributed by atoms with E-state index in [1.54, 1.807) is 31.2 Å². The number of fused-ring (bicyclic) bond motifs is 1. The lowest BCUT2D eigenvalue weighted by atomic mass is 10.1. The van der Waals surface area contributed by atoms with Crippen molar-refractivity contribution in [2.24, 2.45) is 0 Å². The molecule has 148 valence electrons. The van der Waals surface area contributed by atoms with Gasteiger partial charge >= 0.3 is 5.97 Å². The molecular weight excluding hydrogens is 380 g/mol. The number of aromatic nitrogens is 2. The van der Waals surface area contributed by atoms with Crippen molar-refractivity contribution in [2.45, 2.75) is 13.3 Å². The molecule has 0 atom stereocenters. The van der Waals surface area contributed by atoms with Crippen molar-refractivity contribution in [1.82, 2.24) is 10.2 Å². The van der Waals surface area contributed by atoms with E-state index in [4.69, 9.17) is 4.74 Å². The third kappa shape index (κ3) is 4.61. The Morgan fingerprint density at radius 2 is 1.93 bits per heavy atom. The number of hydrogen-bond donors (Lipinski definition) is 2. The van der Waals surface area contributed by atoms with Crippen molar-refractivity contribution in [3.63, 3.8) is 0 Å². The van der Waals surface area contributed by atoms with Gasteiger partial charge in [0.1, 0.15) is 0 Å². The molecule has 29 heavy (non-hydrogen) atoms. The quantitative estimate of drug-likeness (QED) is 0.367. The maximum absolute atomic E-state index is 12.1. The Balaban J connectivity index is 1.61. The number of benzene rings is 2. The second-order valence-corrected chi connectivity index (χ2v) is 6.19. The van der Waals surface area contributed by atoms with Gasteiger partial charge < -0.3 is 10.1 Å². The van der Waals surface area contributed by atoms with E-state index in [0.717, 1.165) is 0 Å². The van der Waals surface area contributed by atoms with Crippen LogP contribution in [0.2, 0.25) is 0 Å². The van der Waals surface area contributed by atoms with E-state index >= 15 is 0 Å². The van der Waals surface area contributed by atoms with Crippen LogP contribution in [0.3, 0.4) is 0 Å². The lowest BCUT2D eigenvalue weighted by Crippen LogP contribution is -2.22. The van der Waals surface area contributed by atoms with Gasteiger partial charge in [-0.25, -0.2) is 5.10 Å². The molecule has 1 aromatic heterocycles. The van der Waals surface area contributed by atoms with E-state index < -0.39 is 23.4 Å². The summed E-state index contributed by atoms with van der Waals surface area (Å²) in [7, 11) is 0. The van der Waals surface area contributed by atoms with Crippen molar-refractivity contribution in [3.8, 4) is 0 Å². The molecule has 3 rings (SSSR count). The van der Waals surface area contributed by atoms with E-state index in [1.165, 1.54) is 18.2 Å². The van der Waals surface area contributed by atoms with Crippen molar-refractivity contribution < 1.29 is 19.2 Å². The summed E-state index contributed by atoms with van der Waals surface area (Å²) in [6, 6.07) is 10.9. The zero-order chi connectivity index (χ0) is 21.0. The first kappa shape index (κ1) is 19.7. The normalized spacial score (nSPS) is 10.5. The number of nitro groups is 1. The van der Waals surface area contributed by atoms with Crippen LogP contribution in [0.1, 0.15) is 11.3 Å². The number of aromatic amines is 1. The number of H-pyrrole nitrogens is 1. The van der Waals surface area contributed by atoms with Gasteiger partial charge in [-0.05, 0) is 19.1 Å². The van der Waals surface area contributed by atoms with Crippen LogP contribution in [0.15, 0.2) is 47.3 Å². The van der Waals surface area contributed by atoms with Gasteiger partial charge in [-0.2, -0.15) is 5.10 Å². The number of aryl methyl sites for hydroxylation is 1. The molecule has 0 radical (unpaired) electrons. The lowest BCUT2D eigenvalue weighted by molar-refractivity contribution is -0.385. The average Bonchev–Trinajstić information content (AvgIpc) is 2.70. The van der Waals surface area contributed by atoms with Crippen molar-refractivity contribution in [3.05, 3.63) is 74.2 Å². The van der Waals surface area contributed by atoms with Crippen LogP contribution >= 0.6 is 0 Å². The standard InChI is InChI=1S/C19H16N4O6/c1-11-6-7-12(8-16(11)23(27)28)20-17(24)10-29-18(25)9-15-13-4-2-3-5-14(13)19(26)22-21-15/h2-8H,9-10H2,1H3,(H,20,24)(H,22,26). The van der Waals surface area contributed by atoms with Gasteiger partial charge in [0.05, 0.1) is 22.4 Å². The molecule has 2 aromatic carbocycles. The number of carbonyl (C=O) groups is 2. The number of rotatable bonds is 6. The monoisotopic (exact) mass is 396 g/mol. The highest BCUT2D eigenvalue weighted by molar-refractivity contribution is 5.93. The number of anilines is 1. The number of ether oxygens (including phenoxy) is 1. The SMILES string of the molecule is Cc1ccc(NC(=O)COC(=O)Cc2n[nH]c(=O)c3ccccc23)cc1[N+](=O)[O-]. The van der Waals surface area contributed by atoms with Gasteiger partial charge in [0.25, 0.3) is 17.2 Å². The molecule has 0 spiro atoms. The molecule has 0 aliphatic heterocycles. The molecule has 10 nitrogen and oxygen atoms in total. The third-order valence-corrected chi connectivity index (χ3v) is 4.14. The van der Waals surface area contributed by atoms with Crippen LogP contribution in [0.5, 0.6) is 0 Å².